The monoisotopic (exact) mass is 372 g/mol. The Labute approximate surface area is 159 Å². The number of unbranched alkanes of at least 4 members (excludes halogenated alkanes) is 16. The van der Waals surface area contributed by atoms with Crippen molar-refractivity contribution in [3.8, 4) is 0 Å². The highest BCUT2D eigenvalue weighted by atomic mass is 79.9. The maximum absolute atomic E-state index is 3.49. The number of halogens is 1. The van der Waals surface area contributed by atoms with Crippen LogP contribution in [0.25, 0.3) is 0 Å². The van der Waals surface area contributed by atoms with Gasteiger partial charge in [-0.1, -0.05) is 126 Å². The van der Waals surface area contributed by atoms with Gasteiger partial charge in [0.25, 0.3) is 0 Å². The summed E-state index contributed by atoms with van der Waals surface area (Å²) in [4.78, 5) is 0. The fourth-order valence-electron chi connectivity index (χ4n) is 2.82. The van der Waals surface area contributed by atoms with Crippen LogP contribution < -0.4 is 0 Å². The molecule has 126 valence electrons. The summed E-state index contributed by atoms with van der Waals surface area (Å²) in [5.74, 6) is 0. The number of hydrogen-bond donors (Lipinski definition) is 0. The summed E-state index contributed by atoms with van der Waals surface area (Å²) in [5.41, 5.74) is 0. The zero-order valence-corrected chi connectivity index (χ0v) is 15.7. The van der Waals surface area contributed by atoms with Crippen LogP contribution in [0.2, 0.25) is 0 Å². The SMILES string of the molecule is CCCCCCCCCCCCCCCCCCCBr.[MgH2]. The van der Waals surface area contributed by atoms with E-state index in [0.717, 1.165) is 0 Å². The van der Waals surface area contributed by atoms with Crippen LogP contribution in [-0.4, -0.2) is 28.4 Å². The molecule has 0 aliphatic heterocycles. The van der Waals surface area contributed by atoms with E-state index in [-0.39, 0.29) is 23.1 Å². The fourth-order valence-corrected chi connectivity index (χ4v) is 3.22. The van der Waals surface area contributed by atoms with Crippen molar-refractivity contribution in [2.75, 3.05) is 5.33 Å². The lowest BCUT2D eigenvalue weighted by Crippen LogP contribution is -1.84. The molecule has 0 aromatic rings. The molecule has 0 fully saturated rings. The standard InChI is InChI=1S/C19H39Br.Mg.2H/c1-2-3-4-5-6-7-8-9-10-11-12-13-14-15-16-17-18-19-20;;;/h2-19H2,1H3;;;. The minimum absolute atomic E-state index is 0. The van der Waals surface area contributed by atoms with E-state index in [9.17, 15) is 0 Å². The summed E-state index contributed by atoms with van der Waals surface area (Å²) in [7, 11) is 0. The molecule has 0 saturated heterocycles. The molecule has 0 aliphatic carbocycles. The summed E-state index contributed by atoms with van der Waals surface area (Å²) >= 11 is 3.49. The van der Waals surface area contributed by atoms with E-state index in [1.54, 1.807) is 0 Å². The molecule has 0 heterocycles. The second-order valence-electron chi connectivity index (χ2n) is 6.35. The molecule has 0 spiro atoms. The molecule has 0 rings (SSSR count). The van der Waals surface area contributed by atoms with Gasteiger partial charge >= 0.3 is 23.1 Å². The maximum atomic E-state index is 3.49. The van der Waals surface area contributed by atoms with E-state index >= 15 is 0 Å². The van der Waals surface area contributed by atoms with E-state index in [1.165, 1.54) is 114 Å². The number of rotatable bonds is 17. The van der Waals surface area contributed by atoms with Crippen molar-refractivity contribution in [2.45, 2.75) is 116 Å². The third kappa shape index (κ3) is 23.6. The Morgan fingerprint density at radius 3 is 0.905 bits per heavy atom. The van der Waals surface area contributed by atoms with Gasteiger partial charge in [-0.3, -0.25) is 0 Å². The van der Waals surface area contributed by atoms with Crippen LogP contribution >= 0.6 is 15.9 Å². The highest BCUT2D eigenvalue weighted by Crippen LogP contribution is 2.14. The lowest BCUT2D eigenvalue weighted by Gasteiger charge is -2.03. The first-order valence-electron chi connectivity index (χ1n) is 9.47. The normalized spacial score (nSPS) is 10.6. The van der Waals surface area contributed by atoms with Crippen LogP contribution in [0, 0.1) is 0 Å². The van der Waals surface area contributed by atoms with Gasteiger partial charge in [-0.05, 0) is 6.42 Å². The minimum atomic E-state index is 0. The van der Waals surface area contributed by atoms with Crippen molar-refractivity contribution in [3.05, 3.63) is 0 Å². The van der Waals surface area contributed by atoms with Gasteiger partial charge in [-0.15, -0.1) is 0 Å². The van der Waals surface area contributed by atoms with Crippen molar-refractivity contribution < 1.29 is 0 Å². The van der Waals surface area contributed by atoms with Crippen LogP contribution in [-0.2, 0) is 0 Å². The van der Waals surface area contributed by atoms with E-state index in [2.05, 4.69) is 22.9 Å². The number of alkyl halides is 1. The van der Waals surface area contributed by atoms with Gasteiger partial charge < -0.3 is 0 Å². The van der Waals surface area contributed by atoms with Crippen LogP contribution in [0.4, 0.5) is 0 Å². The molecule has 0 atom stereocenters. The first-order chi connectivity index (χ1) is 9.91. The Kier molecular flexibility index (Phi) is 27.4. The van der Waals surface area contributed by atoms with Crippen molar-refractivity contribution in [1.29, 1.82) is 0 Å². The van der Waals surface area contributed by atoms with Gasteiger partial charge in [0.05, 0.1) is 0 Å². The predicted octanol–water partition coefficient (Wildman–Crippen LogP) is 7.12. The lowest BCUT2D eigenvalue weighted by molar-refractivity contribution is 0.529. The summed E-state index contributed by atoms with van der Waals surface area (Å²) in [6.45, 7) is 2.29. The van der Waals surface area contributed by atoms with Crippen LogP contribution in [0.3, 0.4) is 0 Å². The highest BCUT2D eigenvalue weighted by molar-refractivity contribution is 9.09. The summed E-state index contributed by atoms with van der Waals surface area (Å²) < 4.78 is 0. The average molecular weight is 374 g/mol. The van der Waals surface area contributed by atoms with E-state index < -0.39 is 0 Å². The smallest absolute Gasteiger partial charge is 0.0928 e. The van der Waals surface area contributed by atoms with Crippen molar-refractivity contribution in [3.63, 3.8) is 0 Å². The summed E-state index contributed by atoms with van der Waals surface area (Å²) in [6, 6.07) is 0. The third-order valence-corrected chi connectivity index (χ3v) is 4.80. The molecule has 0 aliphatic rings. The van der Waals surface area contributed by atoms with E-state index in [0.29, 0.717) is 0 Å². The summed E-state index contributed by atoms with van der Waals surface area (Å²) in [6.07, 6.45) is 24.8. The molecular weight excluding hydrogens is 332 g/mol. The molecule has 0 radical (unpaired) electrons. The Bertz CT molecular complexity index is 144. The molecule has 2 heteroatoms. The quantitative estimate of drug-likeness (QED) is 0.145. The minimum Gasteiger partial charge on any atom is -0.0928 e. The average Bonchev–Trinajstić information content (AvgIpc) is 2.47. The fraction of sp³-hybridized carbons (Fsp3) is 1.00. The van der Waals surface area contributed by atoms with Crippen molar-refractivity contribution >= 4 is 39.0 Å². The molecule has 21 heavy (non-hydrogen) atoms. The molecule has 0 nitrogen and oxygen atoms in total. The Morgan fingerprint density at radius 2 is 0.667 bits per heavy atom. The van der Waals surface area contributed by atoms with Gasteiger partial charge in [0, 0.05) is 5.33 Å². The van der Waals surface area contributed by atoms with Gasteiger partial charge in [0.15, 0.2) is 0 Å². The largest absolute Gasteiger partial charge is 0.316 e. The molecule has 0 amide bonds. The van der Waals surface area contributed by atoms with E-state index in [4.69, 9.17) is 0 Å². The predicted molar refractivity (Wildman–Crippen MR) is 107 cm³/mol. The first kappa shape index (κ1) is 24.5. The number of hydrogen-bond acceptors (Lipinski definition) is 0. The molecule has 0 aromatic carbocycles. The van der Waals surface area contributed by atoms with Crippen LogP contribution in [0.1, 0.15) is 116 Å². The van der Waals surface area contributed by atoms with Gasteiger partial charge in [0.1, 0.15) is 0 Å². The van der Waals surface area contributed by atoms with Crippen LogP contribution in [0.5, 0.6) is 0 Å². The second-order valence-corrected chi connectivity index (χ2v) is 7.14. The Balaban J connectivity index is 0. The van der Waals surface area contributed by atoms with Gasteiger partial charge in [0.2, 0.25) is 0 Å². The molecule has 0 bridgehead atoms. The van der Waals surface area contributed by atoms with Gasteiger partial charge in [-0.25, -0.2) is 0 Å². The lowest BCUT2D eigenvalue weighted by atomic mass is 10.0. The Hall–Kier alpha value is 1.25. The molecule has 0 saturated carbocycles. The highest BCUT2D eigenvalue weighted by Gasteiger charge is 1.94. The molecular formula is C19H41BrMg. The Morgan fingerprint density at radius 1 is 0.429 bits per heavy atom. The summed E-state index contributed by atoms with van der Waals surface area (Å²) in [5, 5.41) is 1.19. The van der Waals surface area contributed by atoms with Gasteiger partial charge in [-0.2, -0.15) is 0 Å². The van der Waals surface area contributed by atoms with E-state index in [1.807, 2.05) is 0 Å². The third-order valence-electron chi connectivity index (χ3n) is 4.24. The maximum Gasteiger partial charge on any atom is 0.316 e. The van der Waals surface area contributed by atoms with Crippen molar-refractivity contribution in [2.24, 2.45) is 0 Å². The topological polar surface area (TPSA) is 0 Å². The van der Waals surface area contributed by atoms with Crippen LogP contribution in [0.15, 0.2) is 0 Å². The zero-order valence-electron chi connectivity index (χ0n) is 14.1. The molecule has 0 aromatic heterocycles. The second kappa shape index (κ2) is 23.5. The zero-order chi connectivity index (χ0) is 14.7. The van der Waals surface area contributed by atoms with Crippen molar-refractivity contribution in [1.82, 2.24) is 0 Å². The molecule has 0 unspecified atom stereocenters. The first-order valence-corrected chi connectivity index (χ1v) is 10.6. The molecule has 0 N–H and O–H groups in total.